The first-order chi connectivity index (χ1) is 9.74. The number of nitro benzene ring substituents is 1. The fourth-order valence-corrected chi connectivity index (χ4v) is 1.56. The molecule has 0 bridgehead atoms. The van der Waals surface area contributed by atoms with Crippen molar-refractivity contribution in [2.24, 2.45) is 5.41 Å². The summed E-state index contributed by atoms with van der Waals surface area (Å²) in [6.07, 6.45) is 0. The molecule has 0 saturated heterocycles. The lowest BCUT2D eigenvalue weighted by Gasteiger charge is -2.17. The van der Waals surface area contributed by atoms with Gasteiger partial charge in [-0.15, -0.1) is 0 Å². The first kappa shape index (κ1) is 16.7. The number of nitrogens with zero attached hydrogens (tertiary/aromatic N) is 1. The molecule has 1 aromatic rings. The van der Waals surface area contributed by atoms with E-state index in [0.29, 0.717) is 24.5 Å². The van der Waals surface area contributed by atoms with Crippen LogP contribution in [0.15, 0.2) is 18.2 Å². The Balaban J connectivity index is 2.58. The van der Waals surface area contributed by atoms with Crippen LogP contribution >= 0.6 is 0 Å². The van der Waals surface area contributed by atoms with Gasteiger partial charge in [0.05, 0.1) is 18.1 Å². The Morgan fingerprint density at radius 2 is 1.95 bits per heavy atom. The van der Waals surface area contributed by atoms with Crippen LogP contribution in [0.3, 0.4) is 0 Å². The van der Waals surface area contributed by atoms with Gasteiger partial charge < -0.3 is 15.4 Å². The molecule has 7 heteroatoms. The van der Waals surface area contributed by atoms with Crippen LogP contribution in [0.5, 0.6) is 5.75 Å². The molecule has 1 rings (SSSR count). The molecule has 0 aliphatic heterocycles. The molecule has 0 radical (unpaired) electrons. The molecule has 0 aliphatic rings. The summed E-state index contributed by atoms with van der Waals surface area (Å²) in [6, 6.07) is 4.44. The number of hydrogen-bond acceptors (Lipinski definition) is 5. The van der Waals surface area contributed by atoms with E-state index in [9.17, 15) is 14.9 Å². The molecule has 1 amide bonds. The first-order valence-corrected chi connectivity index (χ1v) is 6.59. The van der Waals surface area contributed by atoms with Crippen molar-refractivity contribution in [1.29, 1.82) is 0 Å². The largest absolute Gasteiger partial charge is 0.496 e. The minimum atomic E-state index is -0.477. The fourth-order valence-electron chi connectivity index (χ4n) is 1.56. The van der Waals surface area contributed by atoms with Crippen LogP contribution < -0.4 is 15.4 Å². The lowest BCUT2D eigenvalue weighted by atomic mass is 9.96. The van der Waals surface area contributed by atoms with Gasteiger partial charge in [0.2, 0.25) is 5.91 Å². The third-order valence-electron chi connectivity index (χ3n) is 2.76. The van der Waals surface area contributed by atoms with Crippen LogP contribution in [0.2, 0.25) is 0 Å². The van der Waals surface area contributed by atoms with Crippen molar-refractivity contribution >= 4 is 17.3 Å². The van der Waals surface area contributed by atoms with E-state index >= 15 is 0 Å². The van der Waals surface area contributed by atoms with Crippen molar-refractivity contribution in [2.75, 3.05) is 25.5 Å². The Morgan fingerprint density at radius 3 is 2.48 bits per heavy atom. The number of carbonyl (C=O) groups excluding carboxylic acids is 1. The molecule has 0 heterocycles. The minimum Gasteiger partial charge on any atom is -0.496 e. The van der Waals surface area contributed by atoms with Crippen LogP contribution in [0.4, 0.5) is 11.4 Å². The number of nitro groups is 1. The van der Waals surface area contributed by atoms with Gasteiger partial charge in [0.25, 0.3) is 5.69 Å². The second-order valence-corrected chi connectivity index (χ2v) is 5.61. The molecular weight excluding hydrogens is 274 g/mol. The SMILES string of the molecule is COc1cc(NCCNC(=O)C(C)(C)C)cc([N+](=O)[O-])c1. The summed E-state index contributed by atoms with van der Waals surface area (Å²) >= 11 is 0. The molecule has 0 saturated carbocycles. The van der Waals surface area contributed by atoms with Gasteiger partial charge in [0.15, 0.2) is 0 Å². The van der Waals surface area contributed by atoms with E-state index in [0.717, 1.165) is 0 Å². The quantitative estimate of drug-likeness (QED) is 0.476. The number of methoxy groups -OCH3 is 1. The number of benzene rings is 1. The van der Waals surface area contributed by atoms with Crippen molar-refractivity contribution in [3.05, 3.63) is 28.3 Å². The van der Waals surface area contributed by atoms with E-state index < -0.39 is 10.3 Å². The normalized spacial score (nSPS) is 10.9. The third-order valence-corrected chi connectivity index (χ3v) is 2.76. The summed E-state index contributed by atoms with van der Waals surface area (Å²) in [4.78, 5) is 22.0. The molecule has 0 aliphatic carbocycles. The summed E-state index contributed by atoms with van der Waals surface area (Å²) < 4.78 is 5.02. The number of hydrogen-bond donors (Lipinski definition) is 2. The van der Waals surface area contributed by atoms with Crippen molar-refractivity contribution in [2.45, 2.75) is 20.8 Å². The molecular formula is C14H21N3O4. The molecule has 0 fully saturated rings. The van der Waals surface area contributed by atoms with Gasteiger partial charge in [-0.2, -0.15) is 0 Å². The molecule has 21 heavy (non-hydrogen) atoms. The molecule has 0 aromatic heterocycles. The van der Waals surface area contributed by atoms with Crippen LogP contribution in [0, 0.1) is 15.5 Å². The third kappa shape index (κ3) is 5.29. The zero-order chi connectivity index (χ0) is 16.0. The summed E-state index contributed by atoms with van der Waals surface area (Å²) in [5.41, 5.74) is 0.0935. The summed E-state index contributed by atoms with van der Waals surface area (Å²) in [6.45, 7) is 6.40. The minimum absolute atomic E-state index is 0.0408. The van der Waals surface area contributed by atoms with Gasteiger partial charge in [-0.05, 0) is 0 Å². The predicted molar refractivity (Wildman–Crippen MR) is 80.6 cm³/mol. The number of ether oxygens (including phenoxy) is 1. The number of non-ortho nitro benzene ring substituents is 1. The van der Waals surface area contributed by atoms with Crippen LogP contribution in [0.1, 0.15) is 20.8 Å². The van der Waals surface area contributed by atoms with Crippen molar-refractivity contribution in [3.63, 3.8) is 0 Å². The van der Waals surface area contributed by atoms with Gasteiger partial charge in [-0.3, -0.25) is 14.9 Å². The Labute approximate surface area is 123 Å². The lowest BCUT2D eigenvalue weighted by molar-refractivity contribution is -0.384. The Bertz CT molecular complexity index is 523. The van der Waals surface area contributed by atoms with Crippen molar-refractivity contribution in [1.82, 2.24) is 5.32 Å². The smallest absolute Gasteiger partial charge is 0.275 e. The Morgan fingerprint density at radius 1 is 1.29 bits per heavy atom. The number of nitrogens with one attached hydrogen (secondary N) is 2. The van der Waals surface area contributed by atoms with Gasteiger partial charge in [0.1, 0.15) is 5.75 Å². The number of rotatable bonds is 6. The monoisotopic (exact) mass is 295 g/mol. The van der Waals surface area contributed by atoms with Crippen LogP contribution in [0.25, 0.3) is 0 Å². The first-order valence-electron chi connectivity index (χ1n) is 6.59. The van der Waals surface area contributed by atoms with Gasteiger partial charge >= 0.3 is 0 Å². The zero-order valence-electron chi connectivity index (χ0n) is 12.7. The Hall–Kier alpha value is -2.31. The molecule has 1 aromatic carbocycles. The standard InChI is InChI=1S/C14H21N3O4/c1-14(2,3)13(18)16-6-5-15-10-7-11(17(19)20)9-12(8-10)21-4/h7-9,15H,5-6H2,1-4H3,(H,16,18). The van der Waals surface area contributed by atoms with E-state index in [1.54, 1.807) is 6.07 Å². The zero-order valence-corrected chi connectivity index (χ0v) is 12.7. The van der Waals surface area contributed by atoms with Crippen LogP contribution in [-0.4, -0.2) is 31.0 Å². The van der Waals surface area contributed by atoms with Gasteiger partial charge in [0, 0.05) is 36.3 Å². The molecule has 2 N–H and O–H groups in total. The molecule has 0 atom stereocenters. The van der Waals surface area contributed by atoms with Gasteiger partial charge in [-0.25, -0.2) is 0 Å². The summed E-state index contributed by atoms with van der Waals surface area (Å²) in [5, 5.41) is 16.6. The highest BCUT2D eigenvalue weighted by Crippen LogP contribution is 2.25. The number of carbonyl (C=O) groups is 1. The maximum absolute atomic E-state index is 11.7. The van der Waals surface area contributed by atoms with E-state index in [4.69, 9.17) is 4.74 Å². The number of amides is 1. The lowest BCUT2D eigenvalue weighted by Crippen LogP contribution is -2.37. The van der Waals surface area contributed by atoms with E-state index in [-0.39, 0.29) is 11.6 Å². The molecule has 116 valence electrons. The molecule has 0 unspecified atom stereocenters. The fraction of sp³-hybridized carbons (Fsp3) is 0.500. The average Bonchev–Trinajstić information content (AvgIpc) is 2.41. The topological polar surface area (TPSA) is 93.5 Å². The summed E-state index contributed by atoms with van der Waals surface area (Å²) in [5.74, 6) is 0.367. The number of anilines is 1. The maximum atomic E-state index is 11.7. The Kier molecular flexibility index (Phi) is 5.52. The summed E-state index contributed by atoms with van der Waals surface area (Å²) in [7, 11) is 1.45. The van der Waals surface area contributed by atoms with Crippen LogP contribution in [-0.2, 0) is 4.79 Å². The second kappa shape index (κ2) is 6.92. The van der Waals surface area contributed by atoms with E-state index in [1.807, 2.05) is 20.8 Å². The van der Waals surface area contributed by atoms with Gasteiger partial charge in [-0.1, -0.05) is 20.8 Å². The predicted octanol–water partition coefficient (Wildman–Crippen LogP) is 2.18. The van der Waals surface area contributed by atoms with E-state index in [2.05, 4.69) is 10.6 Å². The molecule has 7 nitrogen and oxygen atoms in total. The van der Waals surface area contributed by atoms with E-state index in [1.165, 1.54) is 19.2 Å². The van der Waals surface area contributed by atoms with Crippen molar-refractivity contribution in [3.8, 4) is 5.75 Å². The highest BCUT2D eigenvalue weighted by Gasteiger charge is 2.20. The highest BCUT2D eigenvalue weighted by molar-refractivity contribution is 5.81. The highest BCUT2D eigenvalue weighted by atomic mass is 16.6. The van der Waals surface area contributed by atoms with Crippen molar-refractivity contribution < 1.29 is 14.5 Å². The average molecular weight is 295 g/mol. The molecule has 0 spiro atoms. The maximum Gasteiger partial charge on any atom is 0.275 e. The second-order valence-electron chi connectivity index (χ2n) is 5.61.